The average Bonchev–Trinajstić information content (AvgIpc) is 3.14. The van der Waals surface area contributed by atoms with Crippen molar-refractivity contribution in [1.29, 1.82) is 0 Å². The van der Waals surface area contributed by atoms with E-state index in [1.807, 2.05) is 48.5 Å². The number of aliphatic hydroxyl groups is 1. The zero-order valence-electron chi connectivity index (χ0n) is 18.6. The highest BCUT2D eigenvalue weighted by Gasteiger charge is 2.35. The van der Waals surface area contributed by atoms with Crippen molar-refractivity contribution in [3.63, 3.8) is 0 Å². The Kier molecular flexibility index (Phi) is 8.20. The summed E-state index contributed by atoms with van der Waals surface area (Å²) < 4.78 is 10.2. The van der Waals surface area contributed by atoms with Crippen molar-refractivity contribution in [2.75, 3.05) is 32.9 Å². The minimum absolute atomic E-state index is 0.0426. The van der Waals surface area contributed by atoms with Gasteiger partial charge in [-0.15, -0.1) is 0 Å². The van der Waals surface area contributed by atoms with Crippen LogP contribution in [0.4, 0.5) is 4.79 Å². The first kappa shape index (κ1) is 24.7. The van der Waals surface area contributed by atoms with Gasteiger partial charge in [-0.1, -0.05) is 48.5 Å². The summed E-state index contributed by atoms with van der Waals surface area (Å²) in [6.07, 6.45) is -1.03. The topological polar surface area (TPSA) is 142 Å². The molecule has 180 valence electrons. The highest BCUT2D eigenvalue weighted by Crippen LogP contribution is 2.44. The molecule has 0 radical (unpaired) electrons. The Morgan fingerprint density at radius 3 is 2.12 bits per heavy atom. The summed E-state index contributed by atoms with van der Waals surface area (Å²) in [5, 5.41) is 20.4. The van der Waals surface area contributed by atoms with Crippen LogP contribution in [0, 0.1) is 0 Å². The monoisotopic (exact) mass is 470 g/mol. The minimum atomic E-state index is -1.82. The van der Waals surface area contributed by atoms with E-state index in [4.69, 9.17) is 19.7 Å². The third-order valence-electron chi connectivity index (χ3n) is 5.38. The molecule has 0 aliphatic heterocycles. The van der Waals surface area contributed by atoms with Crippen LogP contribution in [0.15, 0.2) is 48.5 Å². The standard InChI is InChI=1S/C24H26N2O8/c1-2-33-23(31)21(22(30)26(11-12-27)13-20(28)29)25-24(32)34-14-19-17-9-5-3-7-15(17)16-8-4-6-10-18(16)19/h3-10,19,21,27H,2,11-14H2,1H3,(H,25,32)(H,28,29). The number of aliphatic hydroxyl groups excluding tert-OH is 1. The third kappa shape index (κ3) is 5.52. The van der Waals surface area contributed by atoms with Gasteiger partial charge in [0, 0.05) is 12.5 Å². The molecule has 3 rings (SSSR count). The zero-order chi connectivity index (χ0) is 24.7. The van der Waals surface area contributed by atoms with Gasteiger partial charge in [0.1, 0.15) is 13.2 Å². The molecule has 0 saturated carbocycles. The summed E-state index contributed by atoms with van der Waals surface area (Å²) in [4.78, 5) is 49.5. The van der Waals surface area contributed by atoms with E-state index >= 15 is 0 Å². The zero-order valence-corrected chi connectivity index (χ0v) is 18.6. The molecular weight excluding hydrogens is 444 g/mol. The summed E-state index contributed by atoms with van der Waals surface area (Å²) in [5.41, 5.74) is 4.07. The Hall–Kier alpha value is -3.92. The van der Waals surface area contributed by atoms with Crippen LogP contribution in [0.2, 0.25) is 0 Å². The summed E-state index contributed by atoms with van der Waals surface area (Å²) in [6.45, 7) is -0.211. The quantitative estimate of drug-likeness (QED) is 0.349. The molecular formula is C24H26N2O8. The molecule has 2 aromatic carbocycles. The fourth-order valence-electron chi connectivity index (χ4n) is 3.94. The molecule has 1 unspecified atom stereocenters. The number of hydrogen-bond donors (Lipinski definition) is 3. The number of alkyl carbamates (subject to hydrolysis) is 1. The Bertz CT molecular complexity index is 1020. The number of benzene rings is 2. The number of nitrogens with one attached hydrogen (secondary N) is 1. The molecule has 3 N–H and O–H groups in total. The number of hydrogen-bond acceptors (Lipinski definition) is 7. The lowest BCUT2D eigenvalue weighted by Gasteiger charge is -2.25. The van der Waals surface area contributed by atoms with Gasteiger partial charge in [-0.05, 0) is 29.2 Å². The molecule has 10 heteroatoms. The maximum Gasteiger partial charge on any atom is 0.408 e. The molecule has 34 heavy (non-hydrogen) atoms. The lowest BCUT2D eigenvalue weighted by Crippen LogP contribution is -2.55. The van der Waals surface area contributed by atoms with Crippen LogP contribution in [-0.4, -0.2) is 78.0 Å². The molecule has 0 bridgehead atoms. The largest absolute Gasteiger partial charge is 0.480 e. The number of ether oxygens (including phenoxy) is 2. The van der Waals surface area contributed by atoms with E-state index < -0.39 is 43.1 Å². The van der Waals surface area contributed by atoms with Gasteiger partial charge < -0.3 is 24.6 Å². The van der Waals surface area contributed by atoms with Crippen LogP contribution in [0.25, 0.3) is 11.1 Å². The van der Waals surface area contributed by atoms with Gasteiger partial charge in [-0.2, -0.15) is 0 Å². The van der Waals surface area contributed by atoms with Gasteiger partial charge in [-0.25, -0.2) is 9.59 Å². The van der Waals surface area contributed by atoms with Crippen LogP contribution in [0.1, 0.15) is 24.0 Å². The van der Waals surface area contributed by atoms with Crippen LogP contribution in [0.5, 0.6) is 0 Å². The van der Waals surface area contributed by atoms with Crippen molar-refractivity contribution >= 4 is 23.9 Å². The normalized spacial score (nSPS) is 12.8. The molecule has 0 fully saturated rings. The van der Waals surface area contributed by atoms with E-state index in [9.17, 15) is 19.2 Å². The van der Waals surface area contributed by atoms with E-state index in [2.05, 4.69) is 5.32 Å². The molecule has 1 atom stereocenters. The number of nitrogens with zero attached hydrogens (tertiary/aromatic N) is 1. The number of carboxylic acid groups (broad SMARTS) is 1. The smallest absolute Gasteiger partial charge is 0.408 e. The average molecular weight is 470 g/mol. The lowest BCUT2D eigenvalue weighted by molar-refractivity contribution is -0.155. The first-order valence-electron chi connectivity index (χ1n) is 10.8. The van der Waals surface area contributed by atoms with E-state index in [0.717, 1.165) is 27.2 Å². The molecule has 10 nitrogen and oxygen atoms in total. The number of esters is 1. The SMILES string of the molecule is CCOC(=O)C(NC(=O)OCC1c2ccccc2-c2ccccc21)C(=O)N(CCO)CC(=O)O. The minimum Gasteiger partial charge on any atom is -0.480 e. The molecule has 2 aromatic rings. The molecule has 1 aliphatic rings. The fraction of sp³-hybridized carbons (Fsp3) is 0.333. The number of carbonyl (C=O) groups is 4. The maximum atomic E-state index is 12.8. The molecule has 0 saturated heterocycles. The Morgan fingerprint density at radius 1 is 1.00 bits per heavy atom. The van der Waals surface area contributed by atoms with Crippen molar-refractivity contribution in [2.24, 2.45) is 0 Å². The van der Waals surface area contributed by atoms with E-state index in [1.54, 1.807) is 0 Å². The maximum absolute atomic E-state index is 12.8. The Morgan fingerprint density at radius 2 is 1.59 bits per heavy atom. The summed E-state index contributed by atoms with van der Waals surface area (Å²) in [6, 6.07) is 13.7. The number of carboxylic acids is 1. The van der Waals surface area contributed by atoms with Crippen molar-refractivity contribution < 1.29 is 38.9 Å². The number of fused-ring (bicyclic) bond motifs is 3. The Labute approximate surface area is 196 Å². The summed E-state index contributed by atoms with van der Waals surface area (Å²) in [7, 11) is 0. The van der Waals surface area contributed by atoms with Crippen molar-refractivity contribution in [3.05, 3.63) is 59.7 Å². The fourth-order valence-corrected chi connectivity index (χ4v) is 3.94. The van der Waals surface area contributed by atoms with Crippen LogP contribution in [-0.2, 0) is 23.9 Å². The first-order chi connectivity index (χ1) is 16.4. The van der Waals surface area contributed by atoms with Crippen LogP contribution >= 0.6 is 0 Å². The highest BCUT2D eigenvalue weighted by molar-refractivity contribution is 6.04. The van der Waals surface area contributed by atoms with Gasteiger partial charge >= 0.3 is 18.0 Å². The second-order valence-corrected chi connectivity index (χ2v) is 7.53. The Balaban J connectivity index is 1.73. The third-order valence-corrected chi connectivity index (χ3v) is 5.38. The van der Waals surface area contributed by atoms with E-state index in [0.29, 0.717) is 0 Å². The molecule has 0 aromatic heterocycles. The van der Waals surface area contributed by atoms with Crippen molar-refractivity contribution in [2.45, 2.75) is 18.9 Å². The van der Waals surface area contributed by atoms with Crippen LogP contribution in [0.3, 0.4) is 0 Å². The van der Waals surface area contributed by atoms with Crippen molar-refractivity contribution in [1.82, 2.24) is 10.2 Å². The second kappa shape index (κ2) is 11.3. The number of amides is 2. The van der Waals surface area contributed by atoms with Crippen LogP contribution < -0.4 is 5.32 Å². The predicted molar refractivity (Wildman–Crippen MR) is 120 cm³/mol. The van der Waals surface area contributed by atoms with E-state index in [-0.39, 0.29) is 25.7 Å². The molecule has 2 amide bonds. The predicted octanol–water partition coefficient (Wildman–Crippen LogP) is 1.36. The van der Waals surface area contributed by atoms with Gasteiger partial charge in [0.25, 0.3) is 5.91 Å². The number of carbonyl (C=O) groups excluding carboxylic acids is 3. The van der Waals surface area contributed by atoms with Gasteiger partial charge in [0.2, 0.25) is 6.04 Å². The lowest BCUT2D eigenvalue weighted by atomic mass is 9.98. The summed E-state index contributed by atoms with van der Waals surface area (Å²) in [5.74, 6) is -3.66. The van der Waals surface area contributed by atoms with Gasteiger partial charge in [0.15, 0.2) is 0 Å². The van der Waals surface area contributed by atoms with Gasteiger partial charge in [0.05, 0.1) is 13.2 Å². The van der Waals surface area contributed by atoms with Gasteiger partial charge in [-0.3, -0.25) is 14.9 Å². The first-order valence-corrected chi connectivity index (χ1v) is 10.8. The molecule has 0 spiro atoms. The van der Waals surface area contributed by atoms with E-state index in [1.165, 1.54) is 6.92 Å². The summed E-state index contributed by atoms with van der Waals surface area (Å²) >= 11 is 0. The molecule has 1 aliphatic carbocycles. The number of aliphatic carboxylic acids is 1. The second-order valence-electron chi connectivity index (χ2n) is 7.53. The highest BCUT2D eigenvalue weighted by atomic mass is 16.6. The molecule has 0 heterocycles. The number of rotatable bonds is 10. The van der Waals surface area contributed by atoms with Crippen molar-refractivity contribution in [3.8, 4) is 11.1 Å².